The first kappa shape index (κ1) is 18.7. The molecule has 0 saturated heterocycles. The lowest BCUT2D eigenvalue weighted by Gasteiger charge is -2.26. The van der Waals surface area contributed by atoms with E-state index in [-0.39, 0.29) is 12.3 Å². The van der Waals surface area contributed by atoms with Crippen molar-refractivity contribution in [3.8, 4) is 0 Å². The molecule has 4 nitrogen and oxygen atoms in total. The molecule has 0 radical (unpaired) electrons. The second-order valence-corrected chi connectivity index (χ2v) is 6.34. The SMILES string of the molecule is CCC(CC)(CC(=O)Nc1ccccc1Cc1ccccc1)C(=O)O. The van der Waals surface area contributed by atoms with Gasteiger partial charge in [0.2, 0.25) is 5.91 Å². The summed E-state index contributed by atoms with van der Waals surface area (Å²) in [6, 6.07) is 17.7. The monoisotopic (exact) mass is 339 g/mol. The fourth-order valence-corrected chi connectivity index (χ4v) is 2.99. The Morgan fingerprint density at radius 3 is 2.16 bits per heavy atom. The number of rotatable bonds is 8. The van der Waals surface area contributed by atoms with Gasteiger partial charge in [-0.15, -0.1) is 0 Å². The fourth-order valence-electron chi connectivity index (χ4n) is 2.99. The minimum Gasteiger partial charge on any atom is -0.481 e. The number of aliphatic carboxylic acids is 1. The summed E-state index contributed by atoms with van der Waals surface area (Å²) in [5.74, 6) is -1.17. The van der Waals surface area contributed by atoms with Crippen LogP contribution in [0.2, 0.25) is 0 Å². The second-order valence-electron chi connectivity index (χ2n) is 6.34. The van der Waals surface area contributed by atoms with E-state index in [1.165, 1.54) is 0 Å². The zero-order chi connectivity index (χ0) is 18.3. The highest BCUT2D eigenvalue weighted by atomic mass is 16.4. The van der Waals surface area contributed by atoms with Gasteiger partial charge in [-0.25, -0.2) is 0 Å². The van der Waals surface area contributed by atoms with Crippen LogP contribution in [0.25, 0.3) is 0 Å². The highest BCUT2D eigenvalue weighted by Gasteiger charge is 2.37. The maximum absolute atomic E-state index is 12.5. The van der Waals surface area contributed by atoms with E-state index in [9.17, 15) is 14.7 Å². The van der Waals surface area contributed by atoms with Gasteiger partial charge < -0.3 is 10.4 Å². The summed E-state index contributed by atoms with van der Waals surface area (Å²) in [7, 11) is 0. The Balaban J connectivity index is 2.15. The smallest absolute Gasteiger partial charge is 0.310 e. The summed E-state index contributed by atoms with van der Waals surface area (Å²) >= 11 is 0. The van der Waals surface area contributed by atoms with Gasteiger partial charge in [0.05, 0.1) is 5.41 Å². The van der Waals surface area contributed by atoms with Crippen LogP contribution in [0.5, 0.6) is 0 Å². The van der Waals surface area contributed by atoms with Gasteiger partial charge >= 0.3 is 5.97 Å². The maximum atomic E-state index is 12.5. The Kier molecular flexibility index (Phi) is 6.34. The number of benzene rings is 2. The van der Waals surface area contributed by atoms with Crippen LogP contribution in [0, 0.1) is 5.41 Å². The molecule has 0 unspecified atom stereocenters. The Labute approximate surface area is 148 Å². The summed E-state index contributed by atoms with van der Waals surface area (Å²) in [4.78, 5) is 24.1. The van der Waals surface area contributed by atoms with Crippen molar-refractivity contribution in [3.63, 3.8) is 0 Å². The summed E-state index contributed by atoms with van der Waals surface area (Å²) in [5, 5.41) is 12.4. The molecule has 0 saturated carbocycles. The largest absolute Gasteiger partial charge is 0.481 e. The number of carbonyl (C=O) groups excluding carboxylic acids is 1. The predicted octanol–water partition coefficient (Wildman–Crippen LogP) is 4.50. The maximum Gasteiger partial charge on any atom is 0.310 e. The second kappa shape index (κ2) is 8.47. The molecule has 1 amide bonds. The summed E-state index contributed by atoms with van der Waals surface area (Å²) in [6.45, 7) is 3.63. The number of carboxylic acids is 1. The highest BCUT2D eigenvalue weighted by Crippen LogP contribution is 2.31. The topological polar surface area (TPSA) is 66.4 Å². The molecule has 4 heteroatoms. The average Bonchev–Trinajstić information content (AvgIpc) is 2.62. The predicted molar refractivity (Wildman–Crippen MR) is 99.6 cm³/mol. The van der Waals surface area contributed by atoms with E-state index in [0.717, 1.165) is 16.8 Å². The first-order valence-corrected chi connectivity index (χ1v) is 8.66. The Hall–Kier alpha value is -2.62. The van der Waals surface area contributed by atoms with E-state index >= 15 is 0 Å². The zero-order valence-corrected chi connectivity index (χ0v) is 14.8. The van der Waals surface area contributed by atoms with Gasteiger partial charge in [0.25, 0.3) is 0 Å². The number of carbonyl (C=O) groups is 2. The summed E-state index contributed by atoms with van der Waals surface area (Å²) in [6.07, 6.45) is 1.55. The van der Waals surface area contributed by atoms with Crippen molar-refractivity contribution in [2.24, 2.45) is 5.41 Å². The van der Waals surface area contributed by atoms with Crippen LogP contribution in [0.15, 0.2) is 54.6 Å². The third-order valence-corrected chi connectivity index (χ3v) is 4.84. The molecule has 2 rings (SSSR count). The van der Waals surface area contributed by atoms with E-state index in [1.807, 2.05) is 68.4 Å². The molecule has 0 aromatic heterocycles. The first-order chi connectivity index (χ1) is 12.0. The van der Waals surface area contributed by atoms with Gasteiger partial charge in [-0.05, 0) is 36.5 Å². The molecule has 132 valence electrons. The number of hydrogen-bond donors (Lipinski definition) is 2. The molecule has 0 fully saturated rings. The summed E-state index contributed by atoms with van der Waals surface area (Å²) in [5.41, 5.74) is 1.91. The molecule has 0 aliphatic carbocycles. The van der Waals surface area contributed by atoms with E-state index in [0.29, 0.717) is 19.3 Å². The molecule has 0 aliphatic rings. The van der Waals surface area contributed by atoms with Gasteiger partial charge in [-0.2, -0.15) is 0 Å². The van der Waals surface area contributed by atoms with Crippen LogP contribution >= 0.6 is 0 Å². The van der Waals surface area contributed by atoms with E-state index < -0.39 is 11.4 Å². The highest BCUT2D eigenvalue weighted by molar-refractivity contribution is 5.94. The van der Waals surface area contributed by atoms with Crippen molar-refractivity contribution in [2.45, 2.75) is 39.5 Å². The minimum absolute atomic E-state index is 0.0188. The third-order valence-electron chi connectivity index (χ3n) is 4.84. The average molecular weight is 339 g/mol. The van der Waals surface area contributed by atoms with Crippen molar-refractivity contribution in [3.05, 3.63) is 65.7 Å². The van der Waals surface area contributed by atoms with E-state index in [4.69, 9.17) is 0 Å². The van der Waals surface area contributed by atoms with Gasteiger partial charge in [-0.1, -0.05) is 62.4 Å². The number of anilines is 1. The third kappa shape index (κ3) is 4.69. The van der Waals surface area contributed by atoms with E-state index in [2.05, 4.69) is 5.32 Å². The minimum atomic E-state index is -1.00. The number of carboxylic acid groups (broad SMARTS) is 1. The van der Waals surface area contributed by atoms with Crippen LogP contribution in [-0.4, -0.2) is 17.0 Å². The van der Waals surface area contributed by atoms with Crippen molar-refractivity contribution < 1.29 is 14.7 Å². The van der Waals surface area contributed by atoms with Crippen molar-refractivity contribution in [1.82, 2.24) is 0 Å². The van der Waals surface area contributed by atoms with Crippen molar-refractivity contribution in [1.29, 1.82) is 0 Å². The zero-order valence-electron chi connectivity index (χ0n) is 14.8. The van der Waals surface area contributed by atoms with Gasteiger partial charge in [-0.3, -0.25) is 9.59 Å². The van der Waals surface area contributed by atoms with Crippen molar-refractivity contribution >= 4 is 17.6 Å². The number of nitrogens with one attached hydrogen (secondary N) is 1. The number of para-hydroxylation sites is 1. The van der Waals surface area contributed by atoms with Gasteiger partial charge in [0.1, 0.15) is 0 Å². The van der Waals surface area contributed by atoms with Crippen LogP contribution in [0.1, 0.15) is 44.2 Å². The van der Waals surface area contributed by atoms with Crippen LogP contribution in [0.3, 0.4) is 0 Å². The Bertz CT molecular complexity index is 721. The molecule has 2 aromatic carbocycles. The van der Waals surface area contributed by atoms with E-state index in [1.54, 1.807) is 0 Å². The quantitative estimate of drug-likeness (QED) is 0.744. The number of hydrogen-bond acceptors (Lipinski definition) is 2. The molecular formula is C21H25NO3. The lowest BCUT2D eigenvalue weighted by molar-refractivity contribution is -0.151. The molecule has 2 N–H and O–H groups in total. The van der Waals surface area contributed by atoms with Crippen LogP contribution < -0.4 is 5.32 Å². The molecule has 2 aromatic rings. The first-order valence-electron chi connectivity index (χ1n) is 8.66. The lowest BCUT2D eigenvalue weighted by Crippen LogP contribution is -2.34. The Morgan fingerprint density at radius 1 is 0.960 bits per heavy atom. The summed E-state index contributed by atoms with van der Waals surface area (Å²) < 4.78 is 0. The van der Waals surface area contributed by atoms with Crippen LogP contribution in [0.4, 0.5) is 5.69 Å². The molecule has 0 aliphatic heterocycles. The standard InChI is InChI=1S/C21H25NO3/c1-3-21(4-2,20(24)25)15-19(23)22-18-13-9-8-12-17(18)14-16-10-6-5-7-11-16/h5-13H,3-4,14-15H2,1-2H3,(H,22,23)(H,24,25). The molecule has 25 heavy (non-hydrogen) atoms. The normalized spacial score (nSPS) is 11.1. The Morgan fingerprint density at radius 2 is 1.56 bits per heavy atom. The molecule has 0 heterocycles. The number of amides is 1. The fraction of sp³-hybridized carbons (Fsp3) is 0.333. The molecule has 0 atom stereocenters. The van der Waals surface area contributed by atoms with Gasteiger partial charge in [0, 0.05) is 12.1 Å². The molecule has 0 bridgehead atoms. The molecular weight excluding hydrogens is 314 g/mol. The van der Waals surface area contributed by atoms with Crippen molar-refractivity contribution in [2.75, 3.05) is 5.32 Å². The van der Waals surface area contributed by atoms with Gasteiger partial charge in [0.15, 0.2) is 0 Å². The molecule has 0 spiro atoms. The lowest BCUT2D eigenvalue weighted by atomic mass is 9.79. The van der Waals surface area contributed by atoms with Crippen LogP contribution in [-0.2, 0) is 16.0 Å².